The normalized spacial score (nSPS) is 38.2. The lowest BCUT2D eigenvalue weighted by atomic mass is 10.1. The molecule has 4 amide bonds. The Balaban J connectivity index is 2.46. The van der Waals surface area contributed by atoms with Crippen LogP contribution in [-0.2, 0) is 14.3 Å². The molecule has 2 aliphatic heterocycles. The number of hydrogen-bond acceptors (Lipinski definition) is 8. The van der Waals surface area contributed by atoms with Crippen molar-refractivity contribution in [2.45, 2.75) is 30.9 Å². The number of ether oxygens (including phenoxy) is 1. The Morgan fingerprint density at radius 1 is 1.45 bits per heavy atom. The van der Waals surface area contributed by atoms with E-state index in [-0.39, 0.29) is 13.0 Å². The Morgan fingerprint density at radius 2 is 2.14 bits per heavy atom. The maximum absolute atomic E-state index is 12.5. The zero-order valence-electron chi connectivity index (χ0n) is 11.7. The number of carbonyl (C=O) groups excluding carboxylic acids is 3. The summed E-state index contributed by atoms with van der Waals surface area (Å²) in [7, 11) is 0. The number of urea groups is 1. The SMILES string of the molecule is NCCC(=O)[N+]1([C@@H]2O[C@H](CO)[C@@H](O)[C@H]2N)C=CC(=O)NC1=O. The summed E-state index contributed by atoms with van der Waals surface area (Å²) in [5.41, 5.74) is 11.2. The van der Waals surface area contributed by atoms with E-state index in [4.69, 9.17) is 16.2 Å². The van der Waals surface area contributed by atoms with Gasteiger partial charge in [-0.15, -0.1) is 4.48 Å². The number of rotatable bonds is 4. The molecular weight excluding hydrogens is 296 g/mol. The van der Waals surface area contributed by atoms with Crippen LogP contribution in [0.15, 0.2) is 12.3 Å². The molecule has 122 valence electrons. The molecular formula is C12H19N4O6+. The van der Waals surface area contributed by atoms with Gasteiger partial charge in [0.25, 0.3) is 5.91 Å². The van der Waals surface area contributed by atoms with Crippen LogP contribution in [0, 0.1) is 0 Å². The minimum Gasteiger partial charge on any atom is -0.394 e. The van der Waals surface area contributed by atoms with Gasteiger partial charge >= 0.3 is 11.9 Å². The minimum absolute atomic E-state index is 0.0121. The van der Waals surface area contributed by atoms with Crippen molar-refractivity contribution < 1.29 is 33.8 Å². The number of nitrogens with one attached hydrogen (secondary N) is 1. The molecule has 1 fully saturated rings. The van der Waals surface area contributed by atoms with Crippen LogP contribution in [0.25, 0.3) is 0 Å². The van der Waals surface area contributed by atoms with Crippen molar-refractivity contribution in [2.75, 3.05) is 13.2 Å². The second-order valence-corrected chi connectivity index (χ2v) is 5.14. The predicted octanol–water partition coefficient (Wildman–Crippen LogP) is -3.15. The summed E-state index contributed by atoms with van der Waals surface area (Å²) in [5, 5.41) is 21.1. The molecule has 0 bridgehead atoms. The fourth-order valence-electron chi connectivity index (χ4n) is 2.63. The molecule has 1 saturated heterocycles. The largest absolute Gasteiger partial charge is 0.437 e. The van der Waals surface area contributed by atoms with Crippen molar-refractivity contribution in [2.24, 2.45) is 11.5 Å². The summed E-state index contributed by atoms with van der Waals surface area (Å²) >= 11 is 0. The van der Waals surface area contributed by atoms with Crippen molar-refractivity contribution >= 4 is 17.8 Å². The van der Waals surface area contributed by atoms with E-state index in [1.807, 2.05) is 5.32 Å². The van der Waals surface area contributed by atoms with Crippen molar-refractivity contribution in [3.8, 4) is 0 Å². The molecule has 2 aliphatic rings. The summed E-state index contributed by atoms with van der Waals surface area (Å²) in [6, 6.07) is -2.04. The summed E-state index contributed by atoms with van der Waals surface area (Å²) in [6.45, 7) is -0.539. The molecule has 0 spiro atoms. The number of nitrogens with two attached hydrogens (primary N) is 2. The molecule has 22 heavy (non-hydrogen) atoms. The van der Waals surface area contributed by atoms with E-state index in [0.29, 0.717) is 0 Å². The fourth-order valence-corrected chi connectivity index (χ4v) is 2.63. The second kappa shape index (κ2) is 6.20. The molecule has 7 N–H and O–H groups in total. The number of quaternary nitrogens is 1. The van der Waals surface area contributed by atoms with E-state index in [0.717, 1.165) is 12.3 Å². The van der Waals surface area contributed by atoms with Crippen LogP contribution in [0.1, 0.15) is 6.42 Å². The van der Waals surface area contributed by atoms with Gasteiger partial charge in [-0.05, 0) is 0 Å². The minimum atomic E-state index is -1.27. The second-order valence-electron chi connectivity index (χ2n) is 5.14. The molecule has 0 aromatic heterocycles. The number of imide groups is 2. The standard InChI is InChI=1S/C12H18N4O6/c13-3-1-8(19)16(4-2-7(18)15-12(16)21)11-9(14)10(20)6(5-17)22-11/h2,4,6,9-11,17,20H,1,3,5,13-14H2/p+1/t6-,9-,10-,11-,16?/m1/s1. The molecule has 10 nitrogen and oxygen atoms in total. The van der Waals surface area contributed by atoms with Gasteiger partial charge in [0.2, 0.25) is 6.23 Å². The van der Waals surface area contributed by atoms with E-state index in [1.54, 1.807) is 0 Å². The van der Waals surface area contributed by atoms with E-state index in [1.165, 1.54) is 0 Å². The lowest BCUT2D eigenvalue weighted by Crippen LogP contribution is -2.69. The molecule has 10 heteroatoms. The first-order valence-corrected chi connectivity index (χ1v) is 6.75. The highest BCUT2D eigenvalue weighted by molar-refractivity contribution is 6.03. The number of aliphatic hydroxyl groups excluding tert-OH is 2. The molecule has 2 rings (SSSR count). The van der Waals surface area contributed by atoms with Crippen LogP contribution < -0.4 is 16.8 Å². The number of hydrogen-bond donors (Lipinski definition) is 5. The van der Waals surface area contributed by atoms with E-state index in [9.17, 15) is 24.6 Å². The quantitative estimate of drug-likeness (QED) is 0.339. The molecule has 1 unspecified atom stereocenters. The third kappa shape index (κ3) is 2.45. The monoisotopic (exact) mass is 315 g/mol. The van der Waals surface area contributed by atoms with Gasteiger partial charge in [0.1, 0.15) is 24.4 Å². The smallest absolute Gasteiger partial charge is 0.394 e. The lowest BCUT2D eigenvalue weighted by molar-refractivity contribution is -0.780. The number of aliphatic hydroxyl groups is 2. The highest BCUT2D eigenvalue weighted by Crippen LogP contribution is 2.31. The van der Waals surface area contributed by atoms with Crippen LogP contribution in [0.3, 0.4) is 0 Å². The average Bonchev–Trinajstić information content (AvgIpc) is 2.76. The topological polar surface area (TPSA) is 165 Å². The van der Waals surface area contributed by atoms with Crippen molar-refractivity contribution in [3.63, 3.8) is 0 Å². The molecule has 2 heterocycles. The third-order valence-corrected chi connectivity index (χ3v) is 3.80. The lowest BCUT2D eigenvalue weighted by Gasteiger charge is -2.36. The van der Waals surface area contributed by atoms with E-state index in [2.05, 4.69) is 0 Å². The maximum atomic E-state index is 12.5. The van der Waals surface area contributed by atoms with Crippen LogP contribution in [-0.4, -0.2) is 70.2 Å². The van der Waals surface area contributed by atoms with Gasteiger partial charge in [0.05, 0.1) is 19.1 Å². The Kier molecular flexibility index (Phi) is 4.70. The van der Waals surface area contributed by atoms with Gasteiger partial charge in [0, 0.05) is 6.54 Å². The number of nitrogens with zero attached hydrogens (tertiary/aromatic N) is 1. The zero-order chi connectivity index (χ0) is 16.5. The summed E-state index contributed by atoms with van der Waals surface area (Å²) in [5.74, 6) is -1.31. The molecule has 0 aliphatic carbocycles. The molecule has 0 saturated carbocycles. The molecule has 5 atom stereocenters. The van der Waals surface area contributed by atoms with Crippen molar-refractivity contribution in [3.05, 3.63) is 12.3 Å². The Hall–Kier alpha value is -1.69. The van der Waals surface area contributed by atoms with Crippen LogP contribution in [0.2, 0.25) is 0 Å². The summed E-state index contributed by atoms with van der Waals surface area (Å²) < 4.78 is 4.38. The highest BCUT2D eigenvalue weighted by atomic mass is 16.6. The Morgan fingerprint density at radius 3 is 2.64 bits per heavy atom. The molecule has 0 radical (unpaired) electrons. The number of carbonyl (C=O) groups is 3. The Bertz CT molecular complexity index is 524. The van der Waals surface area contributed by atoms with Crippen molar-refractivity contribution in [1.29, 1.82) is 0 Å². The van der Waals surface area contributed by atoms with Gasteiger partial charge in [0.15, 0.2) is 0 Å². The zero-order valence-corrected chi connectivity index (χ0v) is 11.7. The highest BCUT2D eigenvalue weighted by Gasteiger charge is 2.60. The van der Waals surface area contributed by atoms with Crippen LogP contribution in [0.5, 0.6) is 0 Å². The maximum Gasteiger partial charge on any atom is 0.437 e. The van der Waals surface area contributed by atoms with Gasteiger partial charge in [-0.2, -0.15) is 0 Å². The van der Waals surface area contributed by atoms with Gasteiger partial charge in [-0.3, -0.25) is 4.79 Å². The first-order chi connectivity index (χ1) is 10.4. The Labute approximate surface area is 125 Å². The first-order valence-electron chi connectivity index (χ1n) is 6.75. The van der Waals surface area contributed by atoms with Gasteiger partial charge in [-0.25, -0.2) is 14.9 Å². The number of amides is 4. The van der Waals surface area contributed by atoms with E-state index >= 15 is 0 Å². The fraction of sp³-hybridized carbons (Fsp3) is 0.583. The van der Waals surface area contributed by atoms with Gasteiger partial charge < -0.3 is 26.4 Å². The van der Waals surface area contributed by atoms with Gasteiger partial charge in [-0.1, -0.05) is 0 Å². The predicted molar refractivity (Wildman–Crippen MR) is 71.3 cm³/mol. The van der Waals surface area contributed by atoms with E-state index < -0.39 is 53.4 Å². The molecule has 0 aromatic carbocycles. The van der Waals surface area contributed by atoms with Crippen LogP contribution >= 0.6 is 0 Å². The third-order valence-electron chi connectivity index (χ3n) is 3.80. The van der Waals surface area contributed by atoms with Crippen LogP contribution in [0.4, 0.5) is 4.79 Å². The first kappa shape index (κ1) is 16.7. The van der Waals surface area contributed by atoms with Crippen molar-refractivity contribution in [1.82, 2.24) is 5.32 Å². The summed E-state index contributed by atoms with van der Waals surface area (Å²) in [6.07, 6.45) is -1.61. The molecule has 0 aromatic rings. The summed E-state index contributed by atoms with van der Waals surface area (Å²) in [4.78, 5) is 36.1. The average molecular weight is 315 g/mol.